The summed E-state index contributed by atoms with van der Waals surface area (Å²) in [5.74, 6) is -0.256. The molecular weight excluding hydrogens is 536 g/mol. The highest BCUT2D eigenvalue weighted by Gasteiger charge is 2.21. The second kappa shape index (κ2) is 10.9. The lowest BCUT2D eigenvalue weighted by atomic mass is 10.2. The number of hydrogen-bond donors (Lipinski definition) is 3. The highest BCUT2D eigenvalue weighted by atomic mass is 32.2. The Balaban J connectivity index is 1.95. The van der Waals surface area contributed by atoms with Gasteiger partial charge in [0.1, 0.15) is 11.4 Å². The minimum atomic E-state index is -4.38. The van der Waals surface area contributed by atoms with E-state index in [1.54, 1.807) is 13.8 Å². The Morgan fingerprint density at radius 1 is 1.08 bits per heavy atom. The zero-order valence-corrected chi connectivity index (χ0v) is 21.6. The number of azo groups is 1. The van der Waals surface area contributed by atoms with E-state index in [0.29, 0.717) is 16.9 Å². The molecule has 0 unspecified atom stereocenters. The number of sulfone groups is 1. The zero-order chi connectivity index (χ0) is 26.7. The Labute approximate surface area is 210 Å². The molecule has 0 bridgehead atoms. The smallest absolute Gasteiger partial charge is 0.299 e. The van der Waals surface area contributed by atoms with Crippen LogP contribution in [-0.2, 0) is 24.1 Å². The van der Waals surface area contributed by atoms with Gasteiger partial charge in [0.15, 0.2) is 27.8 Å². The van der Waals surface area contributed by atoms with Crippen LogP contribution in [0.15, 0.2) is 61.2 Å². The summed E-state index contributed by atoms with van der Waals surface area (Å²) in [6.07, 6.45) is 0. The zero-order valence-electron chi connectivity index (χ0n) is 19.2. The van der Waals surface area contributed by atoms with Crippen molar-refractivity contribution in [3.8, 4) is 11.4 Å². The molecule has 13 nitrogen and oxygen atoms in total. The van der Waals surface area contributed by atoms with Crippen molar-refractivity contribution in [2.24, 2.45) is 10.2 Å². The molecular formula is C20H22N4O9S3. The van der Waals surface area contributed by atoms with Crippen LogP contribution in [0.5, 0.6) is 5.75 Å². The molecule has 0 aliphatic carbocycles. The number of aromatic amines is 1. The largest absolute Gasteiger partial charge is 0.494 e. The van der Waals surface area contributed by atoms with Crippen molar-refractivity contribution in [1.29, 1.82) is 0 Å². The monoisotopic (exact) mass is 558 g/mol. The van der Waals surface area contributed by atoms with Gasteiger partial charge >= 0.3 is 0 Å². The van der Waals surface area contributed by atoms with E-state index in [1.807, 2.05) is 0 Å². The average molecular weight is 559 g/mol. The molecule has 0 saturated heterocycles. The minimum absolute atomic E-state index is 0.00152. The molecule has 2 aromatic carbocycles. The number of aryl methyl sites for hydroxylation is 2. The summed E-state index contributed by atoms with van der Waals surface area (Å²) in [6, 6.07) is 7.70. The van der Waals surface area contributed by atoms with E-state index in [1.165, 1.54) is 31.4 Å². The van der Waals surface area contributed by atoms with Crippen molar-refractivity contribution in [2.75, 3.05) is 19.5 Å². The Morgan fingerprint density at radius 2 is 1.75 bits per heavy atom. The number of nitrogens with one attached hydrogen (secondary N) is 1. The summed E-state index contributed by atoms with van der Waals surface area (Å²) in [6.45, 7) is 2.94. The van der Waals surface area contributed by atoms with Crippen LogP contribution in [0, 0.1) is 13.8 Å². The highest BCUT2D eigenvalue weighted by Crippen LogP contribution is 2.34. The second-order valence-electron chi connectivity index (χ2n) is 7.40. The third kappa shape index (κ3) is 6.03. The summed E-state index contributed by atoms with van der Waals surface area (Å²) >= 11 is 0.0798. The minimum Gasteiger partial charge on any atom is -0.494 e. The van der Waals surface area contributed by atoms with Crippen LogP contribution < -0.4 is 10.3 Å². The lowest BCUT2D eigenvalue weighted by Crippen LogP contribution is -2.14. The molecule has 0 aliphatic rings. The van der Waals surface area contributed by atoms with Crippen LogP contribution in [-0.4, -0.2) is 55.2 Å². The first kappa shape index (κ1) is 27.6. The van der Waals surface area contributed by atoms with Crippen LogP contribution >= 0.6 is 12.3 Å². The number of ether oxygens (including phenoxy) is 1. The van der Waals surface area contributed by atoms with Gasteiger partial charge < -0.3 is 9.29 Å². The van der Waals surface area contributed by atoms with Gasteiger partial charge in [-0.2, -0.15) is 8.42 Å². The predicted molar refractivity (Wildman–Crippen MR) is 131 cm³/mol. The molecule has 3 rings (SSSR count). The van der Waals surface area contributed by atoms with Crippen molar-refractivity contribution in [2.45, 2.75) is 23.6 Å². The summed E-state index contributed by atoms with van der Waals surface area (Å²) in [5.41, 5.74) is 0.586. The van der Waals surface area contributed by atoms with Crippen LogP contribution in [0.4, 0.5) is 11.4 Å². The SMILES string of the molecule is COc1cc(S(=O)(=O)CCOSO)c(C)cc1N=Nc1c(C)[nH]n(-c2ccc(S(=O)(=O)O)cc2)c1=O. The van der Waals surface area contributed by atoms with Crippen molar-refractivity contribution in [3.63, 3.8) is 0 Å². The van der Waals surface area contributed by atoms with Gasteiger partial charge in [0.25, 0.3) is 15.7 Å². The quantitative estimate of drug-likeness (QED) is 0.144. The molecule has 0 amide bonds. The van der Waals surface area contributed by atoms with Gasteiger partial charge in [-0.3, -0.25) is 18.6 Å². The van der Waals surface area contributed by atoms with Crippen LogP contribution in [0.2, 0.25) is 0 Å². The number of H-pyrrole nitrogens is 1. The Hall–Kier alpha value is -3.02. The Kier molecular flexibility index (Phi) is 8.37. The van der Waals surface area contributed by atoms with Gasteiger partial charge in [0.05, 0.1) is 40.6 Å². The lowest BCUT2D eigenvalue weighted by Gasteiger charge is -2.11. The van der Waals surface area contributed by atoms with Crippen molar-refractivity contribution < 1.29 is 34.9 Å². The molecule has 0 fully saturated rings. The summed E-state index contributed by atoms with van der Waals surface area (Å²) in [4.78, 5) is 12.6. The lowest BCUT2D eigenvalue weighted by molar-refractivity contribution is 0.367. The van der Waals surface area contributed by atoms with Crippen molar-refractivity contribution >= 4 is 43.7 Å². The maximum atomic E-state index is 12.9. The van der Waals surface area contributed by atoms with Crippen molar-refractivity contribution in [3.05, 3.63) is 58.0 Å². The van der Waals surface area contributed by atoms with Gasteiger partial charge in [-0.25, -0.2) is 13.1 Å². The summed E-state index contributed by atoms with van der Waals surface area (Å²) in [5, 5.41) is 10.9. The molecule has 16 heteroatoms. The third-order valence-corrected chi connectivity index (χ3v) is 7.94. The topological polar surface area (TPSA) is 190 Å². The Bertz CT molecular complexity index is 1560. The highest BCUT2D eigenvalue weighted by molar-refractivity contribution is 7.91. The van der Waals surface area contributed by atoms with E-state index in [-0.39, 0.29) is 51.6 Å². The fourth-order valence-electron chi connectivity index (χ4n) is 3.23. The molecule has 0 spiro atoms. The van der Waals surface area contributed by atoms with Gasteiger partial charge in [-0.1, -0.05) is 0 Å². The van der Waals surface area contributed by atoms with Crippen LogP contribution in [0.25, 0.3) is 5.69 Å². The van der Waals surface area contributed by atoms with E-state index in [4.69, 9.17) is 13.8 Å². The molecule has 0 radical (unpaired) electrons. The Morgan fingerprint density at radius 3 is 2.33 bits per heavy atom. The van der Waals surface area contributed by atoms with Gasteiger partial charge in [-0.15, -0.1) is 10.2 Å². The standard InChI is InChI=1S/C20H22N4O9S3/c1-12-10-16(17(32-3)11-18(12)35(27,28)9-8-33-34-26)21-22-19-13(2)23-24(20(19)25)14-4-6-15(7-5-14)36(29,30)31/h4-7,10-11,23,26H,8-9H2,1-3H3,(H,29,30,31). The van der Waals surface area contributed by atoms with Gasteiger partial charge in [0, 0.05) is 6.07 Å². The molecule has 0 saturated carbocycles. The first-order valence-corrected chi connectivity index (χ1v) is 13.8. The number of rotatable bonds is 10. The summed E-state index contributed by atoms with van der Waals surface area (Å²) in [7, 11) is -6.80. The normalized spacial score (nSPS) is 12.4. The van der Waals surface area contributed by atoms with Crippen molar-refractivity contribution in [1.82, 2.24) is 9.78 Å². The van der Waals surface area contributed by atoms with E-state index in [0.717, 1.165) is 16.8 Å². The number of methoxy groups -OCH3 is 1. The maximum absolute atomic E-state index is 12.9. The second-order valence-corrected chi connectivity index (χ2v) is 11.3. The fraction of sp³-hybridized carbons (Fsp3) is 0.250. The number of aromatic nitrogens is 2. The average Bonchev–Trinajstić information content (AvgIpc) is 3.10. The molecule has 0 aliphatic heterocycles. The van der Waals surface area contributed by atoms with Gasteiger partial charge in [-0.05, 0) is 49.7 Å². The molecule has 1 heterocycles. The van der Waals surface area contributed by atoms with Crippen LogP contribution in [0.1, 0.15) is 11.3 Å². The number of hydrogen-bond acceptors (Lipinski definition) is 11. The maximum Gasteiger partial charge on any atom is 0.299 e. The molecule has 36 heavy (non-hydrogen) atoms. The van der Waals surface area contributed by atoms with E-state index < -0.39 is 25.5 Å². The predicted octanol–water partition coefficient (Wildman–Crippen LogP) is 3.36. The van der Waals surface area contributed by atoms with Gasteiger partial charge in [0.2, 0.25) is 0 Å². The molecule has 0 atom stereocenters. The summed E-state index contributed by atoms with van der Waals surface area (Å²) < 4.78 is 76.4. The third-order valence-electron chi connectivity index (χ3n) is 4.99. The fourth-order valence-corrected chi connectivity index (χ4v) is 5.33. The molecule has 1 aromatic heterocycles. The first-order chi connectivity index (χ1) is 16.9. The number of nitrogens with zero attached hydrogens (tertiary/aromatic N) is 3. The van der Waals surface area contributed by atoms with Crippen LogP contribution in [0.3, 0.4) is 0 Å². The first-order valence-electron chi connectivity index (χ1n) is 10.0. The van der Waals surface area contributed by atoms with E-state index in [2.05, 4.69) is 19.5 Å². The van der Waals surface area contributed by atoms with E-state index in [9.17, 15) is 21.6 Å². The molecule has 3 N–H and O–H groups in total. The van der Waals surface area contributed by atoms with E-state index >= 15 is 0 Å². The molecule has 194 valence electrons. The number of benzene rings is 2. The molecule has 3 aromatic rings.